The number of carbonyl (C=O) groups excluding carboxylic acids is 1. The van der Waals surface area contributed by atoms with E-state index in [1.807, 2.05) is 13.0 Å². The second-order valence-electron chi connectivity index (χ2n) is 4.13. The van der Waals surface area contributed by atoms with Gasteiger partial charge in [-0.25, -0.2) is 8.42 Å². The zero-order chi connectivity index (χ0) is 14.5. The van der Waals surface area contributed by atoms with Crippen LogP contribution in [0.25, 0.3) is 0 Å². The lowest BCUT2D eigenvalue weighted by atomic mass is 10.2. The predicted molar refractivity (Wildman–Crippen MR) is 74.1 cm³/mol. The minimum atomic E-state index is -3.46. The second-order valence-corrected chi connectivity index (χ2v) is 6.32. The van der Waals surface area contributed by atoms with E-state index in [4.69, 9.17) is 10.5 Å². The van der Waals surface area contributed by atoms with E-state index in [0.29, 0.717) is 11.4 Å². The summed E-state index contributed by atoms with van der Waals surface area (Å²) in [7, 11) is -1.98. The summed E-state index contributed by atoms with van der Waals surface area (Å²) in [5.74, 6) is -0.903. The molecule has 7 heteroatoms. The highest BCUT2D eigenvalue weighted by Gasteiger charge is 2.17. The van der Waals surface area contributed by atoms with Gasteiger partial charge in [0.2, 0.25) is 5.91 Å². The molecule has 3 N–H and O–H groups in total. The van der Waals surface area contributed by atoms with Crippen molar-refractivity contribution in [3.63, 3.8) is 0 Å². The van der Waals surface area contributed by atoms with Crippen molar-refractivity contribution in [3.8, 4) is 5.75 Å². The van der Waals surface area contributed by atoms with Gasteiger partial charge in [0.1, 0.15) is 11.5 Å². The maximum atomic E-state index is 11.7. The Balaban J connectivity index is 2.80. The molecule has 0 saturated heterocycles. The minimum absolute atomic E-state index is 0.00335. The van der Waals surface area contributed by atoms with Crippen LogP contribution in [0.1, 0.15) is 5.56 Å². The van der Waals surface area contributed by atoms with Gasteiger partial charge in [-0.3, -0.25) is 4.79 Å². The summed E-state index contributed by atoms with van der Waals surface area (Å²) >= 11 is 0. The largest absolute Gasteiger partial charge is 0.495 e. The Morgan fingerprint density at radius 1 is 1.42 bits per heavy atom. The van der Waals surface area contributed by atoms with Gasteiger partial charge in [-0.05, 0) is 24.6 Å². The summed E-state index contributed by atoms with van der Waals surface area (Å²) in [4.78, 5) is 11.7. The number of nitrogens with two attached hydrogens (primary N) is 1. The Labute approximate surface area is 112 Å². The Kier molecular flexibility index (Phi) is 5.31. The van der Waals surface area contributed by atoms with Gasteiger partial charge in [0.25, 0.3) is 0 Å². The van der Waals surface area contributed by atoms with Gasteiger partial charge in [0.05, 0.1) is 18.6 Å². The van der Waals surface area contributed by atoms with Crippen molar-refractivity contribution in [3.05, 3.63) is 23.8 Å². The Morgan fingerprint density at radius 2 is 2.11 bits per heavy atom. The summed E-state index contributed by atoms with van der Waals surface area (Å²) in [5.41, 5.74) is 6.56. The number of carbonyl (C=O) groups is 1. The average molecular weight is 286 g/mol. The van der Waals surface area contributed by atoms with E-state index in [2.05, 4.69) is 5.32 Å². The number of sulfone groups is 1. The smallest absolute Gasteiger partial charge is 0.239 e. The fourth-order valence-electron chi connectivity index (χ4n) is 1.56. The molecule has 0 saturated carbocycles. The van der Waals surface area contributed by atoms with Crippen LogP contribution in [0.5, 0.6) is 5.75 Å². The van der Waals surface area contributed by atoms with Crippen molar-refractivity contribution >= 4 is 21.4 Å². The quantitative estimate of drug-likeness (QED) is 0.784. The molecule has 0 aromatic heterocycles. The van der Waals surface area contributed by atoms with Gasteiger partial charge in [-0.1, -0.05) is 6.07 Å². The monoisotopic (exact) mass is 286 g/mol. The van der Waals surface area contributed by atoms with Crippen LogP contribution < -0.4 is 15.8 Å². The zero-order valence-electron chi connectivity index (χ0n) is 11.0. The lowest BCUT2D eigenvalue weighted by Gasteiger charge is -2.11. The van der Waals surface area contributed by atoms with E-state index < -0.39 is 21.5 Å². The molecular weight excluding hydrogens is 268 g/mol. The van der Waals surface area contributed by atoms with E-state index in [0.717, 1.165) is 5.56 Å². The molecule has 1 aromatic rings. The fraction of sp³-hybridized carbons (Fsp3) is 0.417. The maximum Gasteiger partial charge on any atom is 0.239 e. The predicted octanol–water partition coefficient (Wildman–Crippen LogP) is 0.316. The molecule has 0 fully saturated rings. The van der Waals surface area contributed by atoms with Crippen LogP contribution in [0.2, 0.25) is 0 Å². The van der Waals surface area contributed by atoms with E-state index >= 15 is 0 Å². The number of anilines is 1. The number of methoxy groups -OCH3 is 1. The highest BCUT2D eigenvalue weighted by atomic mass is 32.2. The molecule has 0 radical (unpaired) electrons. The van der Waals surface area contributed by atoms with Crippen molar-refractivity contribution in [2.45, 2.75) is 6.92 Å². The van der Waals surface area contributed by atoms with Gasteiger partial charge >= 0.3 is 0 Å². The number of aryl methyl sites for hydroxylation is 1. The SMILES string of the molecule is COc1ccc(C)cc1NC(=O)CS(=O)(=O)CCN. The molecule has 1 amide bonds. The van der Waals surface area contributed by atoms with Gasteiger partial charge in [-0.2, -0.15) is 0 Å². The lowest BCUT2D eigenvalue weighted by Crippen LogP contribution is -2.27. The van der Waals surface area contributed by atoms with Crippen LogP contribution in [-0.2, 0) is 14.6 Å². The molecule has 0 spiro atoms. The number of rotatable bonds is 6. The van der Waals surface area contributed by atoms with Crippen LogP contribution in [0.4, 0.5) is 5.69 Å². The number of ether oxygens (including phenoxy) is 1. The topological polar surface area (TPSA) is 98.5 Å². The van der Waals surface area contributed by atoms with Gasteiger partial charge < -0.3 is 15.8 Å². The molecule has 0 aliphatic rings. The Bertz CT molecular complexity index is 555. The summed E-state index contributed by atoms with van der Waals surface area (Å²) in [6.45, 7) is 1.86. The van der Waals surface area contributed by atoms with Crippen LogP contribution in [0.15, 0.2) is 18.2 Å². The van der Waals surface area contributed by atoms with Crippen LogP contribution in [-0.4, -0.2) is 39.5 Å². The zero-order valence-corrected chi connectivity index (χ0v) is 11.8. The number of hydrogen-bond donors (Lipinski definition) is 2. The van der Waals surface area contributed by atoms with E-state index in [1.54, 1.807) is 12.1 Å². The molecular formula is C12H18N2O4S. The van der Waals surface area contributed by atoms with Crippen LogP contribution >= 0.6 is 0 Å². The van der Waals surface area contributed by atoms with Crippen molar-refractivity contribution < 1.29 is 17.9 Å². The van der Waals surface area contributed by atoms with Gasteiger partial charge in [0, 0.05) is 6.54 Å². The first kappa shape index (κ1) is 15.5. The van der Waals surface area contributed by atoms with Crippen molar-refractivity contribution in [1.29, 1.82) is 0 Å². The summed E-state index contributed by atoms with van der Waals surface area (Å²) < 4.78 is 28.1. The van der Waals surface area contributed by atoms with Crippen LogP contribution in [0.3, 0.4) is 0 Å². The molecule has 1 aromatic carbocycles. The van der Waals surface area contributed by atoms with Crippen molar-refractivity contribution in [2.24, 2.45) is 5.73 Å². The van der Waals surface area contributed by atoms with E-state index in [1.165, 1.54) is 7.11 Å². The molecule has 0 heterocycles. The highest BCUT2D eigenvalue weighted by Crippen LogP contribution is 2.25. The number of hydrogen-bond acceptors (Lipinski definition) is 5. The highest BCUT2D eigenvalue weighted by molar-refractivity contribution is 7.92. The third-order valence-corrected chi connectivity index (χ3v) is 3.97. The first-order chi connectivity index (χ1) is 8.88. The summed E-state index contributed by atoms with van der Waals surface area (Å²) in [6, 6.07) is 5.26. The molecule has 1 rings (SSSR count). The molecule has 0 bridgehead atoms. The number of benzene rings is 1. The number of nitrogens with one attached hydrogen (secondary N) is 1. The third kappa shape index (κ3) is 4.88. The molecule has 0 aliphatic carbocycles. The minimum Gasteiger partial charge on any atom is -0.495 e. The fourth-order valence-corrected chi connectivity index (χ4v) is 2.53. The summed E-state index contributed by atoms with van der Waals surface area (Å²) in [5, 5.41) is 2.53. The standard InChI is InChI=1S/C12H18N2O4S/c1-9-3-4-11(18-2)10(7-9)14-12(15)8-19(16,17)6-5-13/h3-4,7H,5-6,8,13H2,1-2H3,(H,14,15). The third-order valence-electron chi connectivity index (χ3n) is 2.41. The van der Waals surface area contributed by atoms with Crippen LogP contribution in [0, 0.1) is 6.92 Å². The Morgan fingerprint density at radius 3 is 2.68 bits per heavy atom. The first-order valence-electron chi connectivity index (χ1n) is 5.73. The van der Waals surface area contributed by atoms with E-state index in [9.17, 15) is 13.2 Å². The molecule has 0 unspecified atom stereocenters. The molecule has 0 atom stereocenters. The van der Waals surface area contributed by atoms with Crippen molar-refractivity contribution in [1.82, 2.24) is 0 Å². The van der Waals surface area contributed by atoms with E-state index in [-0.39, 0.29) is 12.3 Å². The number of amides is 1. The molecule has 6 nitrogen and oxygen atoms in total. The second kappa shape index (κ2) is 6.53. The average Bonchev–Trinajstić information content (AvgIpc) is 2.28. The normalized spacial score (nSPS) is 11.1. The van der Waals surface area contributed by atoms with Crippen molar-refractivity contribution in [2.75, 3.05) is 30.5 Å². The lowest BCUT2D eigenvalue weighted by molar-refractivity contribution is -0.113. The Hall–Kier alpha value is -1.60. The molecule has 19 heavy (non-hydrogen) atoms. The summed E-state index contributed by atoms with van der Waals surface area (Å²) in [6.07, 6.45) is 0. The first-order valence-corrected chi connectivity index (χ1v) is 7.55. The molecule has 106 valence electrons. The van der Waals surface area contributed by atoms with Gasteiger partial charge in [0.15, 0.2) is 9.84 Å². The maximum absolute atomic E-state index is 11.7. The molecule has 0 aliphatic heterocycles. The van der Waals surface area contributed by atoms with Gasteiger partial charge in [-0.15, -0.1) is 0 Å².